The lowest BCUT2D eigenvalue weighted by Crippen LogP contribution is -2.21. The molecule has 0 aliphatic rings. The van der Waals surface area contributed by atoms with E-state index in [1.807, 2.05) is 39.0 Å². The van der Waals surface area contributed by atoms with Crippen LogP contribution >= 0.6 is 12.2 Å². The molecule has 25 heavy (non-hydrogen) atoms. The third-order valence-corrected chi connectivity index (χ3v) is 4.14. The van der Waals surface area contributed by atoms with Crippen LogP contribution in [0.2, 0.25) is 0 Å². The number of aryl methyl sites for hydroxylation is 3. The molecule has 0 spiro atoms. The molecule has 0 fully saturated rings. The molecular formula is C19H19N3O2S. The van der Waals surface area contributed by atoms with Crippen LogP contribution in [0.4, 0.5) is 5.69 Å². The van der Waals surface area contributed by atoms with E-state index in [1.54, 1.807) is 6.20 Å². The van der Waals surface area contributed by atoms with E-state index in [-0.39, 0.29) is 11.6 Å². The van der Waals surface area contributed by atoms with E-state index < -0.39 is 0 Å². The van der Waals surface area contributed by atoms with E-state index in [1.165, 1.54) is 0 Å². The van der Waals surface area contributed by atoms with Crippen molar-refractivity contribution in [1.29, 1.82) is 0 Å². The van der Waals surface area contributed by atoms with Gasteiger partial charge in [0.05, 0.1) is 23.6 Å². The summed E-state index contributed by atoms with van der Waals surface area (Å²) in [5.74, 6) is 0. The first-order chi connectivity index (χ1) is 11.9. The second-order valence-electron chi connectivity index (χ2n) is 6.06. The van der Waals surface area contributed by atoms with E-state index in [9.17, 15) is 5.11 Å². The summed E-state index contributed by atoms with van der Waals surface area (Å²) in [5, 5.41) is 10.3. The third-order valence-electron chi connectivity index (χ3n) is 3.92. The Hall–Kier alpha value is -2.57. The molecule has 0 aliphatic carbocycles. The van der Waals surface area contributed by atoms with E-state index in [2.05, 4.69) is 16.0 Å². The summed E-state index contributed by atoms with van der Waals surface area (Å²) >= 11 is 5.17. The van der Waals surface area contributed by atoms with Gasteiger partial charge < -0.3 is 15.3 Å². The highest BCUT2D eigenvalue weighted by Crippen LogP contribution is 2.22. The monoisotopic (exact) mass is 353 g/mol. The fourth-order valence-electron chi connectivity index (χ4n) is 2.81. The van der Waals surface area contributed by atoms with Gasteiger partial charge in [0.15, 0.2) is 5.58 Å². The van der Waals surface area contributed by atoms with E-state index in [0.29, 0.717) is 28.0 Å². The van der Waals surface area contributed by atoms with Crippen LogP contribution in [0.1, 0.15) is 27.9 Å². The highest BCUT2D eigenvalue weighted by Gasteiger charge is 2.12. The van der Waals surface area contributed by atoms with Gasteiger partial charge in [-0.05, 0) is 50.1 Å². The van der Waals surface area contributed by atoms with Crippen molar-refractivity contribution in [2.45, 2.75) is 27.4 Å². The zero-order valence-corrected chi connectivity index (χ0v) is 15.1. The normalized spacial score (nSPS) is 11.9. The van der Waals surface area contributed by atoms with Crippen molar-refractivity contribution in [3.05, 3.63) is 64.0 Å². The average Bonchev–Trinajstić information content (AvgIpc) is 2.54. The standard InChI is InChI=1S/C19H19N3O2S/c1-10-4-11(2)6-14(5-10)22-19-16(18(20)25)7-15-13(9-23)8-21-12(3)17(15)24-19/h4-8,23H,9H2,1-3H3,(H2,20,25). The largest absolute Gasteiger partial charge is 0.436 e. The zero-order chi connectivity index (χ0) is 18.1. The topological polar surface area (TPSA) is 84.6 Å². The molecule has 5 nitrogen and oxygen atoms in total. The molecule has 3 N–H and O–H groups in total. The van der Waals surface area contributed by atoms with Crippen molar-refractivity contribution in [3.63, 3.8) is 0 Å². The Labute approximate surface area is 150 Å². The summed E-state index contributed by atoms with van der Waals surface area (Å²) in [4.78, 5) is 9.06. The molecule has 3 rings (SSSR count). The number of rotatable bonds is 3. The quantitative estimate of drug-likeness (QED) is 0.707. The predicted octanol–water partition coefficient (Wildman–Crippen LogP) is 3.11. The minimum atomic E-state index is -0.149. The van der Waals surface area contributed by atoms with Crippen molar-refractivity contribution in [2.24, 2.45) is 10.7 Å². The highest BCUT2D eigenvalue weighted by atomic mass is 32.1. The number of aromatic nitrogens is 1. The van der Waals surface area contributed by atoms with Gasteiger partial charge >= 0.3 is 0 Å². The van der Waals surface area contributed by atoms with Gasteiger partial charge in [-0.1, -0.05) is 18.3 Å². The minimum absolute atomic E-state index is 0.149. The molecule has 0 unspecified atom stereocenters. The summed E-state index contributed by atoms with van der Waals surface area (Å²) in [7, 11) is 0. The molecule has 3 aromatic rings. The lowest BCUT2D eigenvalue weighted by atomic mass is 10.1. The van der Waals surface area contributed by atoms with Gasteiger partial charge in [0.25, 0.3) is 0 Å². The first kappa shape index (κ1) is 17.3. The fraction of sp³-hybridized carbons (Fsp3) is 0.211. The van der Waals surface area contributed by atoms with Gasteiger partial charge in [0, 0.05) is 17.1 Å². The van der Waals surface area contributed by atoms with Crippen molar-refractivity contribution in [3.8, 4) is 0 Å². The molecule has 2 aromatic heterocycles. The van der Waals surface area contributed by atoms with Gasteiger partial charge in [-0.3, -0.25) is 4.98 Å². The second-order valence-corrected chi connectivity index (χ2v) is 6.50. The van der Waals surface area contributed by atoms with Crippen LogP contribution in [0.25, 0.3) is 11.0 Å². The van der Waals surface area contributed by atoms with E-state index >= 15 is 0 Å². The summed E-state index contributed by atoms with van der Waals surface area (Å²) in [6.45, 7) is 5.72. The first-order valence-corrected chi connectivity index (χ1v) is 8.26. The maximum atomic E-state index is 9.55. The Kier molecular flexibility index (Phi) is 4.65. The molecule has 0 bridgehead atoms. The number of hydrogen-bond acceptors (Lipinski definition) is 5. The number of benzene rings is 1. The van der Waals surface area contributed by atoms with Crippen LogP contribution in [-0.4, -0.2) is 15.1 Å². The van der Waals surface area contributed by atoms with Gasteiger partial charge in [0.1, 0.15) is 4.99 Å². The Morgan fingerprint density at radius 2 is 1.88 bits per heavy atom. The number of aliphatic hydroxyl groups excluding tert-OH is 1. The molecule has 128 valence electrons. The molecule has 6 heteroatoms. The first-order valence-electron chi connectivity index (χ1n) is 7.85. The number of nitrogens with two attached hydrogens (primary N) is 1. The predicted molar refractivity (Wildman–Crippen MR) is 102 cm³/mol. The Bertz CT molecular complexity index is 1030. The third kappa shape index (κ3) is 3.45. The Morgan fingerprint density at radius 3 is 2.48 bits per heavy atom. The SMILES string of the molecule is Cc1cc(C)cc(N=c2oc3c(C)ncc(CO)c3cc2C(N)=S)c1. The zero-order valence-electron chi connectivity index (χ0n) is 14.3. The molecular weight excluding hydrogens is 334 g/mol. The summed E-state index contributed by atoms with van der Waals surface area (Å²) < 4.78 is 6.00. The van der Waals surface area contributed by atoms with Gasteiger partial charge in [-0.25, -0.2) is 4.99 Å². The van der Waals surface area contributed by atoms with Crippen LogP contribution in [0, 0.1) is 20.8 Å². The van der Waals surface area contributed by atoms with Crippen LogP contribution in [0.15, 0.2) is 39.9 Å². The molecule has 2 heterocycles. The lowest BCUT2D eigenvalue weighted by molar-refractivity contribution is 0.282. The smallest absolute Gasteiger partial charge is 0.230 e. The van der Waals surface area contributed by atoms with E-state index in [0.717, 1.165) is 22.2 Å². The minimum Gasteiger partial charge on any atom is -0.436 e. The van der Waals surface area contributed by atoms with Crippen molar-refractivity contribution in [2.75, 3.05) is 0 Å². The molecule has 0 saturated heterocycles. The summed E-state index contributed by atoms with van der Waals surface area (Å²) in [6.07, 6.45) is 1.62. The van der Waals surface area contributed by atoms with Crippen LogP contribution in [0.5, 0.6) is 0 Å². The number of aliphatic hydroxyl groups is 1. The summed E-state index contributed by atoms with van der Waals surface area (Å²) in [6, 6.07) is 7.81. The van der Waals surface area contributed by atoms with Gasteiger partial charge in [-0.2, -0.15) is 0 Å². The molecule has 0 radical (unpaired) electrons. The number of fused-ring (bicyclic) bond motifs is 1. The van der Waals surface area contributed by atoms with Crippen molar-refractivity contribution in [1.82, 2.24) is 4.98 Å². The van der Waals surface area contributed by atoms with E-state index in [4.69, 9.17) is 22.4 Å². The molecule has 0 saturated carbocycles. The van der Waals surface area contributed by atoms with Crippen LogP contribution < -0.4 is 11.3 Å². The average molecular weight is 353 g/mol. The molecule has 0 amide bonds. The van der Waals surface area contributed by atoms with Crippen molar-refractivity contribution >= 4 is 33.9 Å². The summed E-state index contributed by atoms with van der Waals surface area (Å²) in [5.41, 5.74) is 11.7. The molecule has 1 aromatic carbocycles. The maximum absolute atomic E-state index is 9.55. The Morgan fingerprint density at radius 1 is 1.20 bits per heavy atom. The van der Waals surface area contributed by atoms with Crippen LogP contribution in [0.3, 0.4) is 0 Å². The molecule has 0 aliphatic heterocycles. The van der Waals surface area contributed by atoms with Gasteiger partial charge in [-0.15, -0.1) is 0 Å². The second kappa shape index (κ2) is 6.74. The Balaban J connectivity index is 2.37. The number of hydrogen-bond donors (Lipinski definition) is 2. The highest BCUT2D eigenvalue weighted by molar-refractivity contribution is 7.80. The lowest BCUT2D eigenvalue weighted by Gasteiger charge is -2.08. The number of pyridine rings is 1. The maximum Gasteiger partial charge on any atom is 0.230 e. The van der Waals surface area contributed by atoms with Crippen molar-refractivity contribution < 1.29 is 9.52 Å². The molecule has 0 atom stereocenters. The number of nitrogens with zero attached hydrogens (tertiary/aromatic N) is 2. The fourth-order valence-corrected chi connectivity index (χ4v) is 2.95. The van der Waals surface area contributed by atoms with Gasteiger partial charge in [0.2, 0.25) is 5.55 Å². The number of thiocarbonyl (C=S) groups is 1. The van der Waals surface area contributed by atoms with Crippen LogP contribution in [-0.2, 0) is 6.61 Å².